The van der Waals surface area contributed by atoms with Crippen LogP contribution in [0.2, 0.25) is 0 Å². The van der Waals surface area contributed by atoms with Gasteiger partial charge in [0.1, 0.15) is 5.75 Å². The molecule has 0 aliphatic carbocycles. The summed E-state index contributed by atoms with van der Waals surface area (Å²) in [5.41, 5.74) is 3.62. The minimum absolute atomic E-state index is 0.218. The first-order chi connectivity index (χ1) is 9.51. The van der Waals surface area contributed by atoms with E-state index in [0.717, 1.165) is 26.7 Å². The highest BCUT2D eigenvalue weighted by molar-refractivity contribution is 9.11. The highest BCUT2D eigenvalue weighted by Crippen LogP contribution is 2.37. The maximum Gasteiger partial charge on any atom is 0.123 e. The number of benzene rings is 2. The number of aryl methyl sites for hydroxylation is 1. The van der Waals surface area contributed by atoms with Gasteiger partial charge in [0.05, 0.1) is 7.11 Å². The minimum atomic E-state index is 0.218. The molecule has 1 nitrogen and oxygen atoms in total. The molecule has 0 spiro atoms. The van der Waals surface area contributed by atoms with E-state index in [9.17, 15) is 0 Å². The lowest BCUT2D eigenvalue weighted by Crippen LogP contribution is -2.00. The molecular formula is C16H15Br3O. The van der Waals surface area contributed by atoms with Crippen molar-refractivity contribution in [2.45, 2.75) is 18.2 Å². The molecule has 0 fully saturated rings. The second kappa shape index (κ2) is 7.10. The van der Waals surface area contributed by atoms with Gasteiger partial charge in [0.25, 0.3) is 0 Å². The summed E-state index contributed by atoms with van der Waals surface area (Å²) in [6.45, 7) is 2.06. The van der Waals surface area contributed by atoms with Gasteiger partial charge in [-0.3, -0.25) is 0 Å². The Morgan fingerprint density at radius 2 is 1.75 bits per heavy atom. The van der Waals surface area contributed by atoms with Crippen LogP contribution >= 0.6 is 47.8 Å². The van der Waals surface area contributed by atoms with E-state index < -0.39 is 0 Å². The molecule has 1 unspecified atom stereocenters. The fraction of sp³-hybridized carbons (Fsp3) is 0.250. The van der Waals surface area contributed by atoms with E-state index in [2.05, 4.69) is 91.1 Å². The molecule has 0 radical (unpaired) electrons. The van der Waals surface area contributed by atoms with Gasteiger partial charge in [-0.2, -0.15) is 0 Å². The first kappa shape index (κ1) is 16.1. The van der Waals surface area contributed by atoms with Crippen molar-refractivity contribution >= 4 is 47.8 Å². The number of halogens is 3. The van der Waals surface area contributed by atoms with Crippen molar-refractivity contribution in [1.29, 1.82) is 0 Å². The van der Waals surface area contributed by atoms with E-state index in [1.165, 1.54) is 11.1 Å². The number of methoxy groups -OCH3 is 1. The average Bonchev–Trinajstić information content (AvgIpc) is 2.43. The molecular weight excluding hydrogens is 448 g/mol. The van der Waals surface area contributed by atoms with Gasteiger partial charge >= 0.3 is 0 Å². The van der Waals surface area contributed by atoms with Crippen LogP contribution < -0.4 is 4.74 Å². The normalized spacial score (nSPS) is 12.2. The number of hydrogen-bond acceptors (Lipinski definition) is 1. The van der Waals surface area contributed by atoms with Crippen LogP contribution in [0.25, 0.3) is 0 Å². The van der Waals surface area contributed by atoms with E-state index in [-0.39, 0.29) is 4.83 Å². The molecule has 0 aromatic heterocycles. The largest absolute Gasteiger partial charge is 0.496 e. The molecule has 0 heterocycles. The molecule has 4 heteroatoms. The lowest BCUT2D eigenvalue weighted by atomic mass is 10.0. The van der Waals surface area contributed by atoms with Crippen molar-refractivity contribution in [3.05, 3.63) is 62.0 Å². The number of rotatable bonds is 4. The Bertz CT molecular complexity index is 593. The zero-order chi connectivity index (χ0) is 14.7. The third-order valence-electron chi connectivity index (χ3n) is 3.18. The van der Waals surface area contributed by atoms with Crippen molar-refractivity contribution in [2.24, 2.45) is 0 Å². The number of ether oxygens (including phenoxy) is 1. The zero-order valence-corrected chi connectivity index (χ0v) is 16.0. The van der Waals surface area contributed by atoms with Gasteiger partial charge in [-0.05, 0) is 48.7 Å². The van der Waals surface area contributed by atoms with Gasteiger partial charge in [0.15, 0.2) is 0 Å². The molecule has 0 N–H and O–H groups in total. The van der Waals surface area contributed by atoms with Crippen LogP contribution in [-0.2, 0) is 6.42 Å². The SMILES string of the molecule is COc1cc(C)c(Br)cc1C(Br)Cc1ccc(Br)cc1. The summed E-state index contributed by atoms with van der Waals surface area (Å²) in [4.78, 5) is 0.218. The average molecular weight is 463 g/mol. The van der Waals surface area contributed by atoms with Crippen molar-refractivity contribution < 1.29 is 4.74 Å². The predicted molar refractivity (Wildman–Crippen MR) is 94.9 cm³/mol. The molecule has 2 rings (SSSR count). The molecule has 0 amide bonds. The van der Waals surface area contributed by atoms with Gasteiger partial charge in [0, 0.05) is 19.3 Å². The third kappa shape index (κ3) is 3.86. The second-order valence-corrected chi connectivity index (χ2v) is 7.52. The molecule has 1 atom stereocenters. The minimum Gasteiger partial charge on any atom is -0.496 e. The topological polar surface area (TPSA) is 9.23 Å². The third-order valence-corrected chi connectivity index (χ3v) is 5.38. The van der Waals surface area contributed by atoms with Crippen molar-refractivity contribution in [1.82, 2.24) is 0 Å². The van der Waals surface area contributed by atoms with Crippen LogP contribution in [-0.4, -0.2) is 7.11 Å². The van der Waals surface area contributed by atoms with Gasteiger partial charge in [-0.15, -0.1) is 0 Å². The molecule has 0 aliphatic rings. The highest BCUT2D eigenvalue weighted by atomic mass is 79.9. The smallest absolute Gasteiger partial charge is 0.123 e. The van der Waals surface area contributed by atoms with Crippen molar-refractivity contribution in [2.75, 3.05) is 7.11 Å². The molecule has 2 aromatic carbocycles. The van der Waals surface area contributed by atoms with Crippen LogP contribution in [0.15, 0.2) is 45.3 Å². The molecule has 2 aromatic rings. The zero-order valence-electron chi connectivity index (χ0n) is 11.3. The maximum atomic E-state index is 5.50. The summed E-state index contributed by atoms with van der Waals surface area (Å²) >= 11 is 10.8. The fourth-order valence-corrected chi connectivity index (χ4v) is 3.39. The summed E-state index contributed by atoms with van der Waals surface area (Å²) in [5, 5.41) is 0. The Labute approximate surface area is 145 Å². The first-order valence-electron chi connectivity index (χ1n) is 6.24. The molecule has 0 saturated heterocycles. The van der Waals surface area contributed by atoms with Crippen molar-refractivity contribution in [3.8, 4) is 5.75 Å². The molecule has 106 valence electrons. The summed E-state index contributed by atoms with van der Waals surface area (Å²) in [6.07, 6.45) is 0.916. The quantitative estimate of drug-likeness (QED) is 0.491. The highest BCUT2D eigenvalue weighted by Gasteiger charge is 2.15. The summed E-state index contributed by atoms with van der Waals surface area (Å²) in [6, 6.07) is 12.6. The first-order valence-corrected chi connectivity index (χ1v) is 8.74. The Balaban J connectivity index is 2.26. The van der Waals surface area contributed by atoms with Crippen LogP contribution in [0, 0.1) is 6.92 Å². The Kier molecular flexibility index (Phi) is 5.70. The Morgan fingerprint density at radius 3 is 2.35 bits per heavy atom. The number of alkyl halides is 1. The van der Waals surface area contributed by atoms with E-state index in [4.69, 9.17) is 4.74 Å². The summed E-state index contributed by atoms with van der Waals surface area (Å²) in [5.74, 6) is 0.921. The van der Waals surface area contributed by atoms with E-state index in [1.54, 1.807) is 7.11 Å². The van der Waals surface area contributed by atoms with Gasteiger partial charge < -0.3 is 4.74 Å². The maximum absolute atomic E-state index is 5.50. The van der Waals surface area contributed by atoms with Gasteiger partial charge in [-0.25, -0.2) is 0 Å². The summed E-state index contributed by atoms with van der Waals surface area (Å²) in [7, 11) is 1.71. The predicted octanol–water partition coefficient (Wildman–Crippen LogP) is 6.21. The monoisotopic (exact) mass is 460 g/mol. The van der Waals surface area contributed by atoms with E-state index in [1.807, 2.05) is 0 Å². The van der Waals surface area contributed by atoms with E-state index >= 15 is 0 Å². The van der Waals surface area contributed by atoms with Crippen LogP contribution in [0.4, 0.5) is 0 Å². The Morgan fingerprint density at radius 1 is 1.10 bits per heavy atom. The molecule has 20 heavy (non-hydrogen) atoms. The van der Waals surface area contributed by atoms with Gasteiger partial charge in [-0.1, -0.05) is 59.9 Å². The number of hydrogen-bond donors (Lipinski definition) is 0. The van der Waals surface area contributed by atoms with Crippen molar-refractivity contribution in [3.63, 3.8) is 0 Å². The van der Waals surface area contributed by atoms with Crippen LogP contribution in [0.1, 0.15) is 21.5 Å². The van der Waals surface area contributed by atoms with Crippen LogP contribution in [0.3, 0.4) is 0 Å². The fourth-order valence-electron chi connectivity index (χ4n) is 2.03. The second-order valence-electron chi connectivity index (χ2n) is 4.64. The molecule has 0 aliphatic heterocycles. The van der Waals surface area contributed by atoms with E-state index in [0.29, 0.717) is 0 Å². The van der Waals surface area contributed by atoms with Gasteiger partial charge in [0.2, 0.25) is 0 Å². The molecule has 0 bridgehead atoms. The summed E-state index contributed by atoms with van der Waals surface area (Å²) < 4.78 is 7.71. The van der Waals surface area contributed by atoms with Crippen LogP contribution in [0.5, 0.6) is 5.75 Å². The standard InChI is InChI=1S/C16H15Br3O/c1-10-7-16(20-2)13(9-14(10)18)15(19)8-11-3-5-12(17)6-4-11/h3-7,9,15H,8H2,1-2H3. The lowest BCUT2D eigenvalue weighted by molar-refractivity contribution is 0.409. The Hall–Kier alpha value is -0.320. The molecule has 0 saturated carbocycles. The lowest BCUT2D eigenvalue weighted by Gasteiger charge is -2.16.